The molecular weight excluding hydrogens is 350 g/mol. The zero-order valence-corrected chi connectivity index (χ0v) is 16.4. The molecule has 0 aliphatic carbocycles. The number of rotatable bonds is 6. The largest absolute Gasteiger partial charge is 0.326 e. The highest BCUT2D eigenvalue weighted by Gasteiger charge is 2.20. The number of benzene rings is 2. The van der Waals surface area contributed by atoms with Gasteiger partial charge in [-0.2, -0.15) is 0 Å². The number of hydrogen-bond acceptors (Lipinski definition) is 3. The zero-order valence-electron chi connectivity index (χ0n) is 16.4. The van der Waals surface area contributed by atoms with Crippen molar-refractivity contribution in [1.82, 2.24) is 14.5 Å². The van der Waals surface area contributed by atoms with Crippen LogP contribution in [0.25, 0.3) is 11.0 Å². The first kappa shape index (κ1) is 18.7. The second-order valence-electron chi connectivity index (χ2n) is 7.87. The van der Waals surface area contributed by atoms with Gasteiger partial charge in [-0.05, 0) is 62.0 Å². The standard InChI is InChI=1S/C23H27N3O2/c1-25-21-8-7-19(16-20(21)24-23(25)28)22(27)11-14-26-12-9-18(10-13-26)15-17-5-3-2-4-6-17/h2-8,16,18H,9-15H2,1H3,(H,24,28). The number of nitrogens with one attached hydrogen (secondary N) is 1. The Balaban J connectivity index is 1.28. The van der Waals surface area contributed by atoms with E-state index < -0.39 is 0 Å². The lowest BCUT2D eigenvalue weighted by molar-refractivity contribution is 0.0951. The molecular formula is C23H27N3O2. The molecule has 0 unspecified atom stereocenters. The highest BCUT2D eigenvalue weighted by Crippen LogP contribution is 2.22. The third-order valence-electron chi connectivity index (χ3n) is 5.96. The number of aromatic nitrogens is 2. The molecule has 1 aliphatic heterocycles. The van der Waals surface area contributed by atoms with Gasteiger partial charge in [-0.3, -0.25) is 9.36 Å². The van der Waals surface area contributed by atoms with Crippen molar-refractivity contribution < 1.29 is 4.79 Å². The molecule has 2 aromatic carbocycles. The van der Waals surface area contributed by atoms with Crippen molar-refractivity contribution in [1.29, 1.82) is 0 Å². The van der Waals surface area contributed by atoms with Crippen LogP contribution in [0.1, 0.15) is 35.2 Å². The average molecular weight is 377 g/mol. The predicted molar refractivity (Wildman–Crippen MR) is 112 cm³/mol. The van der Waals surface area contributed by atoms with Gasteiger partial charge in [-0.15, -0.1) is 0 Å². The van der Waals surface area contributed by atoms with Gasteiger partial charge in [0.25, 0.3) is 0 Å². The number of fused-ring (bicyclic) bond motifs is 1. The van der Waals surface area contributed by atoms with Crippen LogP contribution >= 0.6 is 0 Å². The number of Topliss-reactive ketones (excluding diaryl/α,β-unsaturated/α-hetero) is 1. The summed E-state index contributed by atoms with van der Waals surface area (Å²) in [6.45, 7) is 2.94. The van der Waals surface area contributed by atoms with Gasteiger partial charge in [0.15, 0.2) is 5.78 Å². The average Bonchev–Trinajstić information content (AvgIpc) is 3.01. The lowest BCUT2D eigenvalue weighted by atomic mass is 9.90. The third kappa shape index (κ3) is 4.09. The Bertz CT molecular complexity index is 1010. The molecule has 5 nitrogen and oxygen atoms in total. The van der Waals surface area contributed by atoms with E-state index in [0.717, 1.165) is 43.0 Å². The van der Waals surface area contributed by atoms with E-state index >= 15 is 0 Å². The summed E-state index contributed by atoms with van der Waals surface area (Å²) in [5.74, 6) is 0.879. The predicted octanol–water partition coefficient (Wildman–Crippen LogP) is 3.39. The lowest BCUT2D eigenvalue weighted by Crippen LogP contribution is -2.35. The van der Waals surface area contributed by atoms with Gasteiger partial charge in [0.05, 0.1) is 11.0 Å². The Morgan fingerprint density at radius 2 is 1.86 bits per heavy atom. The Morgan fingerprint density at radius 3 is 2.61 bits per heavy atom. The summed E-state index contributed by atoms with van der Waals surface area (Å²) >= 11 is 0. The Morgan fingerprint density at radius 1 is 1.11 bits per heavy atom. The second-order valence-corrected chi connectivity index (χ2v) is 7.87. The van der Waals surface area contributed by atoms with E-state index in [1.807, 2.05) is 12.1 Å². The molecule has 1 aliphatic rings. The molecule has 1 saturated heterocycles. The molecule has 1 N–H and O–H groups in total. The van der Waals surface area contributed by atoms with Gasteiger partial charge in [0.1, 0.15) is 0 Å². The molecule has 0 amide bonds. The number of imidazole rings is 1. The smallest absolute Gasteiger partial charge is 0.306 e. The first-order valence-electron chi connectivity index (χ1n) is 10.1. The molecule has 0 spiro atoms. The van der Waals surface area contributed by atoms with Gasteiger partial charge in [0, 0.05) is 25.6 Å². The van der Waals surface area contributed by atoms with E-state index in [-0.39, 0.29) is 11.5 Å². The first-order valence-corrected chi connectivity index (χ1v) is 10.1. The Hall–Kier alpha value is -2.66. The van der Waals surface area contributed by atoms with Gasteiger partial charge >= 0.3 is 5.69 Å². The number of piperidine rings is 1. The number of likely N-dealkylation sites (tertiary alicyclic amines) is 1. The maximum absolute atomic E-state index is 12.6. The van der Waals surface area contributed by atoms with Gasteiger partial charge in [-0.1, -0.05) is 30.3 Å². The van der Waals surface area contributed by atoms with E-state index in [4.69, 9.17) is 0 Å². The number of nitrogens with zero attached hydrogens (tertiary/aromatic N) is 2. The Labute approximate surface area is 165 Å². The van der Waals surface area contributed by atoms with Crippen molar-refractivity contribution in [2.75, 3.05) is 19.6 Å². The van der Waals surface area contributed by atoms with Crippen LogP contribution < -0.4 is 5.69 Å². The van der Waals surface area contributed by atoms with E-state index in [0.29, 0.717) is 12.0 Å². The molecule has 5 heteroatoms. The van der Waals surface area contributed by atoms with Crippen LogP contribution in [0.15, 0.2) is 53.3 Å². The van der Waals surface area contributed by atoms with Crippen LogP contribution in [0, 0.1) is 5.92 Å². The minimum absolute atomic E-state index is 0.137. The molecule has 4 rings (SSSR count). The summed E-state index contributed by atoms with van der Waals surface area (Å²) in [5, 5.41) is 0. The van der Waals surface area contributed by atoms with Crippen LogP contribution in [0.5, 0.6) is 0 Å². The highest BCUT2D eigenvalue weighted by atomic mass is 16.1. The maximum Gasteiger partial charge on any atom is 0.326 e. The van der Waals surface area contributed by atoms with Gasteiger partial charge in [-0.25, -0.2) is 4.79 Å². The molecule has 0 saturated carbocycles. The van der Waals surface area contributed by atoms with E-state index in [9.17, 15) is 9.59 Å². The minimum atomic E-state index is -0.155. The van der Waals surface area contributed by atoms with Crippen LogP contribution in [0.3, 0.4) is 0 Å². The normalized spacial score (nSPS) is 15.9. The number of ketones is 1. The van der Waals surface area contributed by atoms with Crippen molar-refractivity contribution in [2.24, 2.45) is 13.0 Å². The summed E-state index contributed by atoms with van der Waals surface area (Å²) in [5.41, 5.74) is 3.49. The lowest BCUT2D eigenvalue weighted by Gasteiger charge is -2.31. The van der Waals surface area contributed by atoms with Gasteiger partial charge in [0.2, 0.25) is 0 Å². The zero-order chi connectivity index (χ0) is 19.5. The number of aromatic amines is 1. The molecule has 1 aromatic heterocycles. The maximum atomic E-state index is 12.6. The fraction of sp³-hybridized carbons (Fsp3) is 0.391. The van der Waals surface area contributed by atoms with E-state index in [1.54, 1.807) is 17.7 Å². The SMILES string of the molecule is Cn1c(=O)[nH]c2cc(C(=O)CCN3CCC(Cc4ccccc4)CC3)ccc21. The fourth-order valence-corrected chi connectivity index (χ4v) is 4.18. The van der Waals surface area contributed by atoms with Crippen molar-refractivity contribution in [2.45, 2.75) is 25.7 Å². The molecule has 0 bridgehead atoms. The summed E-state index contributed by atoms with van der Waals surface area (Å²) in [6.07, 6.45) is 4.06. The number of carbonyl (C=O) groups excluding carboxylic acids is 1. The van der Waals surface area contributed by atoms with Crippen molar-refractivity contribution >= 4 is 16.8 Å². The van der Waals surface area contributed by atoms with E-state index in [2.05, 4.69) is 40.2 Å². The van der Waals surface area contributed by atoms with Crippen LogP contribution in [0.2, 0.25) is 0 Å². The minimum Gasteiger partial charge on any atom is -0.306 e. The van der Waals surface area contributed by atoms with Crippen molar-refractivity contribution in [3.05, 3.63) is 70.1 Å². The summed E-state index contributed by atoms with van der Waals surface area (Å²) in [4.78, 5) is 29.5. The second kappa shape index (κ2) is 8.15. The molecule has 1 fully saturated rings. The summed E-state index contributed by atoms with van der Waals surface area (Å²) < 4.78 is 1.56. The monoisotopic (exact) mass is 377 g/mol. The quantitative estimate of drug-likeness (QED) is 0.670. The molecule has 146 valence electrons. The van der Waals surface area contributed by atoms with Gasteiger partial charge < -0.3 is 9.88 Å². The first-order chi connectivity index (χ1) is 13.6. The van der Waals surface area contributed by atoms with Crippen LogP contribution in [-0.4, -0.2) is 39.9 Å². The topological polar surface area (TPSA) is 58.1 Å². The summed E-state index contributed by atoms with van der Waals surface area (Å²) in [6, 6.07) is 16.2. The van der Waals surface area contributed by atoms with Crippen molar-refractivity contribution in [3.8, 4) is 0 Å². The number of aryl methyl sites for hydroxylation is 1. The third-order valence-corrected chi connectivity index (χ3v) is 5.96. The molecule has 28 heavy (non-hydrogen) atoms. The molecule has 0 radical (unpaired) electrons. The number of carbonyl (C=O) groups is 1. The molecule has 0 atom stereocenters. The molecule has 3 aromatic rings. The van der Waals surface area contributed by atoms with E-state index in [1.165, 1.54) is 18.4 Å². The van der Waals surface area contributed by atoms with Crippen molar-refractivity contribution in [3.63, 3.8) is 0 Å². The van der Waals surface area contributed by atoms with Crippen LogP contribution in [-0.2, 0) is 13.5 Å². The fourth-order valence-electron chi connectivity index (χ4n) is 4.18. The highest BCUT2D eigenvalue weighted by molar-refractivity contribution is 5.99. The molecule has 2 heterocycles. The number of H-pyrrole nitrogens is 1. The van der Waals surface area contributed by atoms with Crippen LogP contribution in [0.4, 0.5) is 0 Å². The number of hydrogen-bond donors (Lipinski definition) is 1. The summed E-state index contributed by atoms with van der Waals surface area (Å²) in [7, 11) is 1.73. The Kier molecular flexibility index (Phi) is 5.44.